The number of likely N-dealkylation sites (tertiary alicyclic amines) is 1. The monoisotopic (exact) mass is 219 g/mol. The number of pyridine rings is 1. The van der Waals surface area contributed by atoms with E-state index in [0.717, 1.165) is 19.5 Å². The van der Waals surface area contributed by atoms with Crippen molar-refractivity contribution in [2.45, 2.75) is 19.4 Å². The van der Waals surface area contributed by atoms with E-state index in [9.17, 15) is 4.79 Å². The minimum absolute atomic E-state index is 0.0660. The first kappa shape index (κ1) is 11.1. The van der Waals surface area contributed by atoms with Gasteiger partial charge in [-0.25, -0.2) is 0 Å². The van der Waals surface area contributed by atoms with Crippen LogP contribution in [0.1, 0.15) is 23.7 Å². The second-order valence-corrected chi connectivity index (χ2v) is 4.40. The van der Waals surface area contributed by atoms with Crippen molar-refractivity contribution in [1.82, 2.24) is 9.88 Å². The smallest absolute Gasteiger partial charge is 0.255 e. The third kappa shape index (κ3) is 2.22. The summed E-state index contributed by atoms with van der Waals surface area (Å²) in [6.07, 6.45) is 4.29. The lowest BCUT2D eigenvalue weighted by molar-refractivity contribution is 0.0785. The molecule has 4 nitrogen and oxygen atoms in total. The van der Waals surface area contributed by atoms with E-state index in [1.54, 1.807) is 24.5 Å². The second-order valence-electron chi connectivity index (χ2n) is 4.40. The van der Waals surface area contributed by atoms with Gasteiger partial charge < -0.3 is 10.6 Å². The molecule has 0 aliphatic carbocycles. The molecule has 1 aromatic heterocycles. The first-order chi connectivity index (χ1) is 7.68. The Kier molecular flexibility index (Phi) is 3.19. The van der Waals surface area contributed by atoms with Crippen molar-refractivity contribution in [3.63, 3.8) is 0 Å². The van der Waals surface area contributed by atoms with E-state index in [1.165, 1.54) is 0 Å². The summed E-state index contributed by atoms with van der Waals surface area (Å²) in [5.74, 6) is 0.497. The molecule has 0 saturated carbocycles. The molecule has 0 aromatic carbocycles. The van der Waals surface area contributed by atoms with Gasteiger partial charge in [-0.05, 0) is 31.4 Å². The normalized spacial score (nSPS) is 22.1. The lowest BCUT2D eigenvalue weighted by Gasteiger charge is -2.17. The molecular formula is C12H17N3O. The Labute approximate surface area is 95.5 Å². The van der Waals surface area contributed by atoms with Crippen LogP contribution in [-0.2, 0) is 0 Å². The van der Waals surface area contributed by atoms with E-state index in [-0.39, 0.29) is 11.9 Å². The van der Waals surface area contributed by atoms with Crippen molar-refractivity contribution in [3.05, 3.63) is 30.1 Å². The fourth-order valence-corrected chi connectivity index (χ4v) is 2.07. The molecule has 1 saturated heterocycles. The summed E-state index contributed by atoms with van der Waals surface area (Å²) in [7, 11) is 0. The minimum atomic E-state index is 0.0660. The Hall–Kier alpha value is -1.42. The van der Waals surface area contributed by atoms with Crippen LogP contribution in [0, 0.1) is 5.92 Å². The Morgan fingerprint density at radius 3 is 3.06 bits per heavy atom. The number of amides is 1. The standard InChI is InChI=1S/C12H17N3O/c1-9(13)11-4-6-15(8-11)12(16)10-3-2-5-14-7-10/h2-3,5,7,9,11H,4,6,8,13H2,1H3. The maximum atomic E-state index is 12.1. The zero-order valence-corrected chi connectivity index (χ0v) is 9.47. The van der Waals surface area contributed by atoms with Crippen LogP contribution in [0.15, 0.2) is 24.5 Å². The quantitative estimate of drug-likeness (QED) is 0.803. The van der Waals surface area contributed by atoms with Gasteiger partial charge >= 0.3 is 0 Å². The SMILES string of the molecule is CC(N)C1CCN(C(=O)c2cccnc2)C1. The van der Waals surface area contributed by atoms with Gasteiger partial charge in [-0.3, -0.25) is 9.78 Å². The molecule has 0 bridgehead atoms. The van der Waals surface area contributed by atoms with Crippen LogP contribution in [0.3, 0.4) is 0 Å². The zero-order valence-electron chi connectivity index (χ0n) is 9.47. The van der Waals surface area contributed by atoms with Gasteiger partial charge in [0.15, 0.2) is 0 Å². The molecule has 1 amide bonds. The Bertz CT molecular complexity index is 364. The van der Waals surface area contributed by atoms with Gasteiger partial charge in [-0.2, -0.15) is 0 Å². The molecule has 0 spiro atoms. The van der Waals surface area contributed by atoms with E-state index in [1.807, 2.05) is 11.8 Å². The predicted molar refractivity (Wildman–Crippen MR) is 61.9 cm³/mol. The molecule has 16 heavy (non-hydrogen) atoms. The highest BCUT2D eigenvalue weighted by Gasteiger charge is 2.28. The number of hydrogen-bond donors (Lipinski definition) is 1. The molecule has 1 aromatic rings. The van der Waals surface area contributed by atoms with Crippen LogP contribution in [0.5, 0.6) is 0 Å². The van der Waals surface area contributed by atoms with Crippen LogP contribution in [0.25, 0.3) is 0 Å². The van der Waals surface area contributed by atoms with Crippen molar-refractivity contribution in [2.24, 2.45) is 11.7 Å². The van der Waals surface area contributed by atoms with Crippen molar-refractivity contribution in [3.8, 4) is 0 Å². The van der Waals surface area contributed by atoms with E-state index in [2.05, 4.69) is 4.98 Å². The summed E-state index contributed by atoms with van der Waals surface area (Å²) in [5, 5.41) is 0. The first-order valence-corrected chi connectivity index (χ1v) is 5.63. The molecule has 2 rings (SSSR count). The topological polar surface area (TPSA) is 59.2 Å². The number of carbonyl (C=O) groups excluding carboxylic acids is 1. The molecule has 1 aliphatic rings. The minimum Gasteiger partial charge on any atom is -0.338 e. The highest BCUT2D eigenvalue weighted by Crippen LogP contribution is 2.20. The molecule has 2 unspecified atom stereocenters. The fraction of sp³-hybridized carbons (Fsp3) is 0.500. The van der Waals surface area contributed by atoms with Crippen LogP contribution in [0.2, 0.25) is 0 Å². The fourth-order valence-electron chi connectivity index (χ4n) is 2.07. The summed E-state index contributed by atoms with van der Waals surface area (Å²) < 4.78 is 0. The second kappa shape index (κ2) is 4.61. The van der Waals surface area contributed by atoms with E-state index in [4.69, 9.17) is 5.73 Å². The molecule has 2 heterocycles. The van der Waals surface area contributed by atoms with Crippen molar-refractivity contribution < 1.29 is 4.79 Å². The van der Waals surface area contributed by atoms with E-state index < -0.39 is 0 Å². The van der Waals surface area contributed by atoms with Gasteiger partial charge in [0.1, 0.15) is 0 Å². The van der Waals surface area contributed by atoms with Crippen LogP contribution in [0.4, 0.5) is 0 Å². The van der Waals surface area contributed by atoms with Gasteiger partial charge in [0.05, 0.1) is 5.56 Å². The van der Waals surface area contributed by atoms with Gasteiger partial charge in [-0.1, -0.05) is 0 Å². The van der Waals surface area contributed by atoms with Gasteiger partial charge in [-0.15, -0.1) is 0 Å². The number of hydrogen-bond acceptors (Lipinski definition) is 3. The molecule has 2 atom stereocenters. The maximum Gasteiger partial charge on any atom is 0.255 e. The molecular weight excluding hydrogens is 202 g/mol. The maximum absolute atomic E-state index is 12.1. The highest BCUT2D eigenvalue weighted by atomic mass is 16.2. The van der Waals surface area contributed by atoms with Crippen molar-refractivity contribution >= 4 is 5.91 Å². The van der Waals surface area contributed by atoms with Crippen LogP contribution in [-0.4, -0.2) is 34.9 Å². The predicted octanol–water partition coefficient (Wildman–Crippen LogP) is 0.891. The average Bonchev–Trinajstić information content (AvgIpc) is 2.78. The third-order valence-corrected chi connectivity index (χ3v) is 3.16. The van der Waals surface area contributed by atoms with Gasteiger partial charge in [0.2, 0.25) is 0 Å². The van der Waals surface area contributed by atoms with Crippen molar-refractivity contribution in [1.29, 1.82) is 0 Å². The zero-order chi connectivity index (χ0) is 11.5. The summed E-state index contributed by atoms with van der Waals surface area (Å²) in [5.41, 5.74) is 6.51. The average molecular weight is 219 g/mol. The summed E-state index contributed by atoms with van der Waals surface area (Å²) >= 11 is 0. The summed E-state index contributed by atoms with van der Waals surface area (Å²) in [4.78, 5) is 17.9. The van der Waals surface area contributed by atoms with Crippen molar-refractivity contribution in [2.75, 3.05) is 13.1 Å². The molecule has 4 heteroatoms. The highest BCUT2D eigenvalue weighted by molar-refractivity contribution is 5.94. The molecule has 1 aliphatic heterocycles. The Balaban J connectivity index is 2.03. The molecule has 2 N–H and O–H groups in total. The van der Waals surface area contributed by atoms with Crippen LogP contribution >= 0.6 is 0 Å². The van der Waals surface area contributed by atoms with E-state index >= 15 is 0 Å². The molecule has 0 radical (unpaired) electrons. The third-order valence-electron chi connectivity index (χ3n) is 3.16. The Morgan fingerprint density at radius 2 is 2.50 bits per heavy atom. The largest absolute Gasteiger partial charge is 0.338 e. The first-order valence-electron chi connectivity index (χ1n) is 5.63. The molecule has 1 fully saturated rings. The summed E-state index contributed by atoms with van der Waals surface area (Å²) in [6.45, 7) is 3.58. The van der Waals surface area contributed by atoms with Gasteiger partial charge in [0.25, 0.3) is 5.91 Å². The Morgan fingerprint density at radius 1 is 1.69 bits per heavy atom. The van der Waals surface area contributed by atoms with Gasteiger partial charge in [0, 0.05) is 31.5 Å². The summed E-state index contributed by atoms with van der Waals surface area (Å²) in [6, 6.07) is 3.74. The number of nitrogens with zero attached hydrogens (tertiary/aromatic N) is 2. The van der Waals surface area contributed by atoms with Crippen LogP contribution < -0.4 is 5.73 Å². The van der Waals surface area contributed by atoms with E-state index in [0.29, 0.717) is 11.5 Å². The lowest BCUT2D eigenvalue weighted by Crippen LogP contribution is -2.33. The lowest BCUT2D eigenvalue weighted by atomic mass is 10.0. The number of carbonyl (C=O) groups is 1. The number of aromatic nitrogens is 1. The number of nitrogens with two attached hydrogens (primary N) is 1. The number of rotatable bonds is 2. The molecule has 86 valence electrons.